The Morgan fingerprint density at radius 1 is 1.06 bits per heavy atom. The summed E-state index contributed by atoms with van der Waals surface area (Å²) in [4.78, 5) is 25.5. The molecule has 0 heterocycles. The maximum atomic E-state index is 14.2. The van der Waals surface area contributed by atoms with Gasteiger partial charge in [-0.1, -0.05) is 36.9 Å². The number of nitrogens with one attached hydrogen (secondary N) is 3. The Hall–Kier alpha value is -2.80. The van der Waals surface area contributed by atoms with Crippen LogP contribution in [-0.4, -0.2) is 38.6 Å². The lowest BCUT2D eigenvalue weighted by molar-refractivity contribution is -0.126. The highest BCUT2D eigenvalue weighted by molar-refractivity contribution is 6.31. The van der Waals surface area contributed by atoms with Crippen molar-refractivity contribution < 1.29 is 18.7 Å². The van der Waals surface area contributed by atoms with Crippen LogP contribution in [0.1, 0.15) is 42.5 Å². The molecule has 6 nitrogen and oxygen atoms in total. The topological polar surface area (TPSA) is 79.5 Å². The summed E-state index contributed by atoms with van der Waals surface area (Å²) < 4.78 is 19.3. The fourth-order valence-corrected chi connectivity index (χ4v) is 4.39. The molecule has 0 aromatic heterocycles. The van der Waals surface area contributed by atoms with E-state index in [0.717, 1.165) is 43.5 Å². The molecule has 2 amide bonds. The van der Waals surface area contributed by atoms with Crippen LogP contribution in [0.5, 0.6) is 5.75 Å². The molecule has 1 aliphatic rings. The summed E-state index contributed by atoms with van der Waals surface area (Å²) in [5, 5.41) is 8.89. The van der Waals surface area contributed by atoms with E-state index in [1.165, 1.54) is 18.2 Å². The van der Waals surface area contributed by atoms with E-state index in [-0.39, 0.29) is 34.9 Å². The van der Waals surface area contributed by atoms with Crippen LogP contribution in [0.4, 0.5) is 10.1 Å². The van der Waals surface area contributed by atoms with Gasteiger partial charge in [0.1, 0.15) is 5.75 Å². The first-order valence-corrected chi connectivity index (χ1v) is 11.7. The van der Waals surface area contributed by atoms with Gasteiger partial charge in [-0.05, 0) is 55.2 Å². The Morgan fingerprint density at radius 3 is 2.48 bits per heavy atom. The lowest BCUT2D eigenvalue weighted by atomic mass is 9.79. The van der Waals surface area contributed by atoms with Crippen LogP contribution in [0.3, 0.4) is 0 Å². The third-order valence-corrected chi connectivity index (χ3v) is 6.37. The molecule has 0 bridgehead atoms. The van der Waals surface area contributed by atoms with Crippen LogP contribution < -0.4 is 20.7 Å². The number of amides is 2. The molecule has 3 rings (SSSR count). The Labute approximate surface area is 199 Å². The number of anilines is 1. The number of ether oxygens (including phenoxy) is 1. The molecule has 8 heteroatoms. The highest BCUT2D eigenvalue weighted by Crippen LogP contribution is 2.30. The minimum Gasteiger partial charge on any atom is -0.497 e. The van der Waals surface area contributed by atoms with Gasteiger partial charge >= 0.3 is 0 Å². The summed E-state index contributed by atoms with van der Waals surface area (Å²) in [5.41, 5.74) is 0.818. The smallest absolute Gasteiger partial charge is 0.254 e. The van der Waals surface area contributed by atoms with E-state index in [0.29, 0.717) is 13.1 Å². The van der Waals surface area contributed by atoms with E-state index >= 15 is 0 Å². The third-order valence-electron chi connectivity index (χ3n) is 6.08. The molecule has 3 N–H and O–H groups in total. The van der Waals surface area contributed by atoms with E-state index in [4.69, 9.17) is 16.3 Å². The van der Waals surface area contributed by atoms with Gasteiger partial charge in [0.25, 0.3) is 5.91 Å². The molecule has 1 aliphatic carbocycles. The second-order valence-corrected chi connectivity index (χ2v) is 8.67. The van der Waals surface area contributed by atoms with Gasteiger partial charge in [-0.25, -0.2) is 4.39 Å². The molecule has 33 heavy (non-hydrogen) atoms. The average Bonchev–Trinajstić information content (AvgIpc) is 2.84. The van der Waals surface area contributed by atoms with Gasteiger partial charge in [0.2, 0.25) is 5.91 Å². The van der Waals surface area contributed by atoms with Gasteiger partial charge in [-0.3, -0.25) is 9.59 Å². The number of methoxy groups -OCH3 is 1. The third kappa shape index (κ3) is 7.09. The largest absolute Gasteiger partial charge is 0.497 e. The van der Waals surface area contributed by atoms with Gasteiger partial charge in [-0.15, -0.1) is 0 Å². The molecular weight excluding hydrogens is 445 g/mol. The average molecular weight is 476 g/mol. The monoisotopic (exact) mass is 475 g/mol. The molecule has 0 aliphatic heterocycles. The minimum atomic E-state index is -0.750. The number of benzene rings is 2. The predicted molar refractivity (Wildman–Crippen MR) is 128 cm³/mol. The van der Waals surface area contributed by atoms with Crippen molar-refractivity contribution in [2.75, 3.05) is 32.1 Å². The van der Waals surface area contributed by atoms with Crippen molar-refractivity contribution >= 4 is 29.1 Å². The summed E-state index contributed by atoms with van der Waals surface area (Å²) in [6.45, 7) is 1.17. The van der Waals surface area contributed by atoms with Crippen LogP contribution >= 0.6 is 11.6 Å². The molecular formula is C25H31ClFN3O3. The Kier molecular flexibility index (Phi) is 9.36. The first kappa shape index (κ1) is 24.8. The van der Waals surface area contributed by atoms with Crippen molar-refractivity contribution in [3.8, 4) is 5.75 Å². The first-order chi connectivity index (χ1) is 16.0. The van der Waals surface area contributed by atoms with Gasteiger partial charge in [0.05, 0.1) is 23.6 Å². The summed E-state index contributed by atoms with van der Waals surface area (Å²) in [6.07, 6.45) is 5.21. The van der Waals surface area contributed by atoms with Gasteiger partial charge < -0.3 is 20.7 Å². The summed E-state index contributed by atoms with van der Waals surface area (Å²) in [6, 6.07) is 11.9. The van der Waals surface area contributed by atoms with E-state index in [1.807, 2.05) is 24.3 Å². The minimum absolute atomic E-state index is 0.0923. The van der Waals surface area contributed by atoms with E-state index in [1.54, 1.807) is 7.11 Å². The SMILES string of the molecule is COc1ccc(NCCNC(=O)C(CNC(=O)c2cccc(Cl)c2F)C2CCCCC2)cc1. The van der Waals surface area contributed by atoms with Crippen molar-refractivity contribution in [1.29, 1.82) is 0 Å². The zero-order chi connectivity index (χ0) is 23.6. The number of carbonyl (C=O) groups is 2. The number of rotatable bonds is 10. The molecule has 0 spiro atoms. The van der Waals surface area contributed by atoms with Crippen LogP contribution in [0.25, 0.3) is 0 Å². The van der Waals surface area contributed by atoms with Crippen molar-refractivity contribution in [1.82, 2.24) is 10.6 Å². The summed E-state index contributed by atoms with van der Waals surface area (Å²) >= 11 is 5.79. The summed E-state index contributed by atoms with van der Waals surface area (Å²) in [5.74, 6) is -0.797. The zero-order valence-electron chi connectivity index (χ0n) is 18.8. The Morgan fingerprint density at radius 2 is 1.79 bits per heavy atom. The van der Waals surface area contributed by atoms with Gasteiger partial charge in [0.15, 0.2) is 5.82 Å². The Balaban J connectivity index is 1.54. The van der Waals surface area contributed by atoms with Crippen LogP contribution in [0, 0.1) is 17.7 Å². The van der Waals surface area contributed by atoms with E-state index in [2.05, 4.69) is 16.0 Å². The molecule has 178 valence electrons. The maximum absolute atomic E-state index is 14.2. The van der Waals surface area contributed by atoms with Crippen molar-refractivity contribution in [2.45, 2.75) is 32.1 Å². The Bertz CT molecular complexity index is 933. The van der Waals surface area contributed by atoms with Gasteiger partial charge in [0, 0.05) is 25.3 Å². The molecule has 1 unspecified atom stereocenters. The highest BCUT2D eigenvalue weighted by atomic mass is 35.5. The molecule has 2 aromatic rings. The predicted octanol–water partition coefficient (Wildman–Crippen LogP) is 4.64. The molecule has 1 saturated carbocycles. The first-order valence-electron chi connectivity index (χ1n) is 11.4. The van der Waals surface area contributed by atoms with Crippen molar-refractivity contribution in [2.24, 2.45) is 11.8 Å². The number of halogens is 2. The lowest BCUT2D eigenvalue weighted by Gasteiger charge is -2.29. The maximum Gasteiger partial charge on any atom is 0.254 e. The molecule has 0 radical (unpaired) electrons. The van der Waals surface area contributed by atoms with Gasteiger partial charge in [-0.2, -0.15) is 0 Å². The number of hydrogen-bond donors (Lipinski definition) is 3. The molecule has 0 saturated heterocycles. The fourth-order valence-electron chi connectivity index (χ4n) is 4.22. The van der Waals surface area contributed by atoms with Crippen LogP contribution in [0.2, 0.25) is 5.02 Å². The normalized spacial score (nSPS) is 14.9. The van der Waals surface area contributed by atoms with Crippen LogP contribution in [-0.2, 0) is 4.79 Å². The van der Waals surface area contributed by atoms with E-state index < -0.39 is 11.7 Å². The second kappa shape index (κ2) is 12.4. The van der Waals surface area contributed by atoms with Crippen molar-refractivity contribution in [3.05, 3.63) is 58.9 Å². The lowest BCUT2D eigenvalue weighted by Crippen LogP contribution is -2.44. The molecule has 2 aromatic carbocycles. The van der Waals surface area contributed by atoms with E-state index in [9.17, 15) is 14.0 Å². The fraction of sp³-hybridized carbons (Fsp3) is 0.440. The van der Waals surface area contributed by atoms with Crippen LogP contribution in [0.15, 0.2) is 42.5 Å². The highest BCUT2D eigenvalue weighted by Gasteiger charge is 2.30. The number of carbonyl (C=O) groups excluding carboxylic acids is 2. The molecule has 1 atom stereocenters. The standard InChI is InChI=1S/C25H31ClFN3O3/c1-33-19-12-10-18(11-13-19)28-14-15-29-25(32)21(17-6-3-2-4-7-17)16-30-24(31)20-8-5-9-22(26)23(20)27/h5,8-13,17,21,28H,2-4,6-7,14-16H2,1H3,(H,29,32)(H,30,31). The van der Waals surface area contributed by atoms with Crippen molar-refractivity contribution in [3.63, 3.8) is 0 Å². The summed E-state index contributed by atoms with van der Waals surface area (Å²) in [7, 11) is 1.62. The second-order valence-electron chi connectivity index (χ2n) is 8.26. The quantitative estimate of drug-likeness (QED) is 0.437. The zero-order valence-corrected chi connectivity index (χ0v) is 19.6. The number of hydrogen-bond acceptors (Lipinski definition) is 4. The molecule has 1 fully saturated rings.